The van der Waals surface area contributed by atoms with E-state index in [4.69, 9.17) is 4.74 Å². The molecule has 2 aromatic rings. The first kappa shape index (κ1) is 16.7. The Labute approximate surface area is 152 Å². The number of hydrogen-bond donors (Lipinski definition) is 1. The van der Waals surface area contributed by atoms with Crippen LogP contribution in [-0.4, -0.2) is 47.0 Å². The smallest absolute Gasteiger partial charge is 0.254 e. The third-order valence-corrected chi connectivity index (χ3v) is 5.10. The highest BCUT2D eigenvalue weighted by molar-refractivity contribution is 5.95. The Kier molecular flexibility index (Phi) is 4.67. The van der Waals surface area contributed by atoms with Crippen molar-refractivity contribution in [2.24, 2.45) is 5.92 Å². The van der Waals surface area contributed by atoms with E-state index in [2.05, 4.69) is 10.3 Å². The maximum atomic E-state index is 12.9. The molecule has 26 heavy (non-hydrogen) atoms. The van der Waals surface area contributed by atoms with Gasteiger partial charge < -0.3 is 15.0 Å². The first-order valence-corrected chi connectivity index (χ1v) is 8.88. The summed E-state index contributed by atoms with van der Waals surface area (Å²) in [7, 11) is 0. The Hall–Kier alpha value is -2.73. The molecule has 0 aliphatic carbocycles. The summed E-state index contributed by atoms with van der Waals surface area (Å²) in [5.41, 5.74) is 1.59. The average molecular weight is 351 g/mol. The molecule has 0 saturated carbocycles. The van der Waals surface area contributed by atoms with Crippen molar-refractivity contribution in [2.45, 2.75) is 25.1 Å². The van der Waals surface area contributed by atoms with Gasteiger partial charge in [-0.25, -0.2) is 0 Å². The molecule has 134 valence electrons. The molecule has 2 aliphatic heterocycles. The lowest BCUT2D eigenvalue weighted by Gasteiger charge is -2.22. The second-order valence-electron chi connectivity index (χ2n) is 6.70. The summed E-state index contributed by atoms with van der Waals surface area (Å²) in [5.74, 6) is -0.449. The topological polar surface area (TPSA) is 71.5 Å². The summed E-state index contributed by atoms with van der Waals surface area (Å²) < 4.78 is 5.81. The van der Waals surface area contributed by atoms with E-state index < -0.39 is 0 Å². The molecule has 1 N–H and O–H groups in total. The molecule has 2 amide bonds. The van der Waals surface area contributed by atoms with Crippen LogP contribution in [0, 0.1) is 5.92 Å². The number of nitrogens with zero attached hydrogens (tertiary/aromatic N) is 2. The van der Waals surface area contributed by atoms with Gasteiger partial charge in [-0.05, 0) is 30.2 Å². The molecule has 3 atom stereocenters. The van der Waals surface area contributed by atoms with Crippen LogP contribution in [0.1, 0.15) is 22.3 Å². The Morgan fingerprint density at radius 3 is 2.81 bits per heavy atom. The zero-order valence-corrected chi connectivity index (χ0v) is 14.4. The van der Waals surface area contributed by atoms with Crippen LogP contribution in [0.4, 0.5) is 0 Å². The number of benzene rings is 1. The molecular weight excluding hydrogens is 330 g/mol. The van der Waals surface area contributed by atoms with Crippen molar-refractivity contribution in [1.29, 1.82) is 0 Å². The van der Waals surface area contributed by atoms with E-state index in [-0.39, 0.29) is 29.9 Å². The minimum Gasteiger partial charge on any atom is -0.375 e. The highest BCUT2D eigenvalue weighted by Crippen LogP contribution is 2.34. The fraction of sp³-hybridized carbons (Fsp3) is 0.350. The predicted octanol–water partition coefficient (Wildman–Crippen LogP) is 1.63. The fourth-order valence-corrected chi connectivity index (χ4v) is 3.80. The Bertz CT molecular complexity index is 781. The molecule has 6 nitrogen and oxygen atoms in total. The maximum Gasteiger partial charge on any atom is 0.254 e. The van der Waals surface area contributed by atoms with E-state index in [1.54, 1.807) is 17.3 Å². The van der Waals surface area contributed by atoms with Crippen LogP contribution in [0.2, 0.25) is 0 Å². The first-order valence-electron chi connectivity index (χ1n) is 8.88. The van der Waals surface area contributed by atoms with Gasteiger partial charge in [-0.2, -0.15) is 0 Å². The SMILES string of the molecule is O=C(NCc1cccnc1)[C@@H]1CN(C(=O)c2ccccc2)[C@H]2CCO[C@H]12. The number of hydrogen-bond acceptors (Lipinski definition) is 4. The number of likely N-dealkylation sites (tertiary alicyclic amines) is 1. The van der Waals surface area contributed by atoms with Crippen LogP contribution in [-0.2, 0) is 16.1 Å². The van der Waals surface area contributed by atoms with Crippen molar-refractivity contribution < 1.29 is 14.3 Å². The van der Waals surface area contributed by atoms with Crippen molar-refractivity contribution in [3.05, 3.63) is 66.0 Å². The van der Waals surface area contributed by atoms with Gasteiger partial charge in [0, 0.05) is 37.7 Å². The van der Waals surface area contributed by atoms with Crippen LogP contribution in [0.3, 0.4) is 0 Å². The summed E-state index contributed by atoms with van der Waals surface area (Å²) in [4.78, 5) is 31.4. The summed E-state index contributed by atoms with van der Waals surface area (Å²) in [6.07, 6.45) is 3.98. The molecule has 0 bridgehead atoms. The fourth-order valence-electron chi connectivity index (χ4n) is 3.80. The number of nitrogens with one attached hydrogen (secondary N) is 1. The number of amides is 2. The monoisotopic (exact) mass is 351 g/mol. The summed E-state index contributed by atoms with van der Waals surface area (Å²) >= 11 is 0. The summed E-state index contributed by atoms with van der Waals surface area (Å²) in [5, 5.41) is 2.96. The van der Waals surface area contributed by atoms with Gasteiger partial charge in [0.2, 0.25) is 5.91 Å². The third kappa shape index (κ3) is 3.20. The van der Waals surface area contributed by atoms with Crippen molar-refractivity contribution in [3.63, 3.8) is 0 Å². The highest BCUT2D eigenvalue weighted by Gasteiger charge is 2.50. The number of aromatic nitrogens is 1. The Morgan fingerprint density at radius 1 is 1.19 bits per heavy atom. The normalized spacial score (nSPS) is 24.3. The van der Waals surface area contributed by atoms with E-state index in [1.807, 2.05) is 42.5 Å². The van der Waals surface area contributed by atoms with Crippen molar-refractivity contribution in [3.8, 4) is 0 Å². The molecule has 0 spiro atoms. The molecule has 4 rings (SSSR count). The van der Waals surface area contributed by atoms with Gasteiger partial charge in [-0.1, -0.05) is 24.3 Å². The summed E-state index contributed by atoms with van der Waals surface area (Å²) in [6.45, 7) is 1.40. The van der Waals surface area contributed by atoms with Gasteiger partial charge in [-0.3, -0.25) is 14.6 Å². The molecule has 0 unspecified atom stereocenters. The Morgan fingerprint density at radius 2 is 2.04 bits per heavy atom. The molecule has 3 heterocycles. The lowest BCUT2D eigenvalue weighted by Crippen LogP contribution is -2.37. The first-order chi connectivity index (χ1) is 12.7. The van der Waals surface area contributed by atoms with Gasteiger partial charge in [0.1, 0.15) is 0 Å². The van der Waals surface area contributed by atoms with Crippen LogP contribution < -0.4 is 5.32 Å². The van der Waals surface area contributed by atoms with Crippen LogP contribution >= 0.6 is 0 Å². The zero-order chi connectivity index (χ0) is 17.9. The number of rotatable bonds is 4. The predicted molar refractivity (Wildman–Crippen MR) is 95.2 cm³/mol. The standard InChI is InChI=1S/C20H21N3O3/c24-19(22-12-14-5-4-9-21-11-14)16-13-23(17-8-10-26-18(16)17)20(25)15-6-2-1-3-7-15/h1-7,9,11,16-18H,8,10,12-13H2,(H,22,24)/t16-,17+,18-/m1/s1. The number of fused-ring (bicyclic) bond motifs is 1. The quantitative estimate of drug-likeness (QED) is 0.909. The van der Waals surface area contributed by atoms with Crippen LogP contribution in [0.5, 0.6) is 0 Å². The minimum absolute atomic E-state index is 0.0307. The van der Waals surface area contributed by atoms with Crippen LogP contribution in [0.25, 0.3) is 0 Å². The molecular formula is C20H21N3O3. The number of carbonyl (C=O) groups is 2. The molecule has 2 fully saturated rings. The molecule has 0 radical (unpaired) electrons. The highest BCUT2D eigenvalue weighted by atomic mass is 16.5. The lowest BCUT2D eigenvalue weighted by molar-refractivity contribution is -0.127. The van der Waals surface area contributed by atoms with Gasteiger partial charge in [-0.15, -0.1) is 0 Å². The molecule has 6 heteroatoms. The van der Waals surface area contributed by atoms with E-state index in [0.717, 1.165) is 12.0 Å². The van der Waals surface area contributed by atoms with Gasteiger partial charge in [0.05, 0.1) is 18.1 Å². The molecule has 2 saturated heterocycles. The Balaban J connectivity index is 1.46. The van der Waals surface area contributed by atoms with Gasteiger partial charge >= 0.3 is 0 Å². The number of pyridine rings is 1. The second-order valence-corrected chi connectivity index (χ2v) is 6.70. The van der Waals surface area contributed by atoms with Gasteiger partial charge in [0.25, 0.3) is 5.91 Å². The third-order valence-electron chi connectivity index (χ3n) is 5.10. The van der Waals surface area contributed by atoms with Crippen molar-refractivity contribution in [1.82, 2.24) is 15.2 Å². The maximum absolute atomic E-state index is 12.9. The van der Waals surface area contributed by atoms with E-state index in [9.17, 15) is 9.59 Å². The number of carbonyl (C=O) groups excluding carboxylic acids is 2. The zero-order valence-electron chi connectivity index (χ0n) is 14.4. The largest absolute Gasteiger partial charge is 0.375 e. The average Bonchev–Trinajstić information content (AvgIpc) is 3.30. The van der Waals surface area contributed by atoms with E-state index in [0.29, 0.717) is 25.3 Å². The molecule has 1 aromatic heterocycles. The summed E-state index contributed by atoms with van der Waals surface area (Å²) in [6, 6.07) is 12.9. The van der Waals surface area contributed by atoms with Gasteiger partial charge in [0.15, 0.2) is 0 Å². The van der Waals surface area contributed by atoms with Crippen LogP contribution in [0.15, 0.2) is 54.9 Å². The van der Waals surface area contributed by atoms with Crippen molar-refractivity contribution >= 4 is 11.8 Å². The van der Waals surface area contributed by atoms with E-state index >= 15 is 0 Å². The minimum atomic E-state index is -0.341. The van der Waals surface area contributed by atoms with E-state index in [1.165, 1.54) is 0 Å². The second kappa shape index (κ2) is 7.25. The lowest BCUT2D eigenvalue weighted by atomic mass is 10.0. The van der Waals surface area contributed by atoms with Crippen molar-refractivity contribution in [2.75, 3.05) is 13.2 Å². The number of ether oxygens (including phenoxy) is 1. The molecule has 2 aliphatic rings. The molecule has 1 aromatic carbocycles.